The first-order valence-corrected chi connectivity index (χ1v) is 12.9. The Bertz CT molecular complexity index is 626. The van der Waals surface area contributed by atoms with Gasteiger partial charge in [-0.3, -0.25) is 0 Å². The molecule has 0 aliphatic carbocycles. The van der Waals surface area contributed by atoms with Crippen LogP contribution in [0.2, 0.25) is 18.1 Å². The number of hydrogen-bond acceptors (Lipinski definition) is 3. The second-order valence-corrected chi connectivity index (χ2v) is 12.8. The van der Waals surface area contributed by atoms with E-state index in [-0.39, 0.29) is 6.10 Å². The predicted molar refractivity (Wildman–Crippen MR) is 111 cm³/mol. The Morgan fingerprint density at radius 3 is 2.12 bits per heavy atom. The van der Waals surface area contributed by atoms with Crippen LogP contribution < -0.4 is 0 Å². The van der Waals surface area contributed by atoms with E-state index < -0.39 is 14.4 Å². The lowest BCUT2D eigenvalue weighted by Gasteiger charge is -2.35. The maximum Gasteiger partial charge on any atom is 0.192 e. The first-order valence-electron chi connectivity index (χ1n) is 9.46. The van der Waals surface area contributed by atoms with E-state index in [1.807, 2.05) is 30.3 Å². The number of hydrogen-bond donors (Lipinski definition) is 1. The van der Waals surface area contributed by atoms with E-state index in [1.165, 1.54) is 5.56 Å². The Morgan fingerprint density at radius 2 is 1.60 bits per heavy atom. The fraction of sp³-hybridized carbons (Fsp3) is 0.524. The van der Waals surface area contributed by atoms with Crippen molar-refractivity contribution in [2.45, 2.75) is 65.0 Å². The van der Waals surface area contributed by atoms with Crippen molar-refractivity contribution in [1.82, 2.24) is 0 Å². The summed E-state index contributed by atoms with van der Waals surface area (Å²) in [6.45, 7) is 11.3. The molecule has 0 aliphatic rings. The Morgan fingerprint density at radius 1 is 1.00 bits per heavy atom. The van der Waals surface area contributed by atoms with Gasteiger partial charge >= 0.3 is 0 Å². The molecule has 4 heteroatoms. The van der Waals surface area contributed by atoms with Gasteiger partial charge in [-0.1, -0.05) is 65.0 Å². The minimum Gasteiger partial charge on any atom is -0.410 e. The van der Waals surface area contributed by atoms with Crippen LogP contribution >= 0.6 is 11.3 Å². The molecule has 138 valence electrons. The zero-order chi connectivity index (χ0) is 18.4. The number of thiophene rings is 1. The third kappa shape index (κ3) is 4.62. The van der Waals surface area contributed by atoms with Gasteiger partial charge in [-0.2, -0.15) is 0 Å². The van der Waals surface area contributed by atoms with Gasteiger partial charge in [0.05, 0.1) is 6.10 Å². The fourth-order valence-corrected chi connectivity index (χ4v) is 7.29. The van der Waals surface area contributed by atoms with Gasteiger partial charge in [0.15, 0.2) is 8.32 Å². The second kappa shape index (κ2) is 9.13. The third-order valence-electron chi connectivity index (χ3n) is 5.31. The summed E-state index contributed by atoms with van der Waals surface area (Å²) in [5.41, 5.74) is 2.11. The Balaban J connectivity index is 2.36. The minimum atomic E-state index is -1.71. The SMILES string of the molecule is CC[Si](CC)(CC)OC(c1ccsc1C(O)c1ccccc1)C(C)C. The smallest absolute Gasteiger partial charge is 0.192 e. The molecule has 0 fully saturated rings. The maximum atomic E-state index is 10.9. The van der Waals surface area contributed by atoms with Crippen molar-refractivity contribution in [2.75, 3.05) is 0 Å². The van der Waals surface area contributed by atoms with Gasteiger partial charge in [0.2, 0.25) is 0 Å². The van der Waals surface area contributed by atoms with Crippen LogP contribution in [-0.4, -0.2) is 13.4 Å². The molecule has 0 spiro atoms. The van der Waals surface area contributed by atoms with Gasteiger partial charge in [0, 0.05) is 4.88 Å². The van der Waals surface area contributed by atoms with Crippen molar-refractivity contribution in [3.05, 3.63) is 57.8 Å². The van der Waals surface area contributed by atoms with Crippen molar-refractivity contribution in [3.8, 4) is 0 Å². The number of benzene rings is 1. The molecular formula is C21H32O2SSi. The van der Waals surface area contributed by atoms with Crippen molar-refractivity contribution in [3.63, 3.8) is 0 Å². The van der Waals surface area contributed by atoms with Crippen LogP contribution in [0.15, 0.2) is 41.8 Å². The van der Waals surface area contributed by atoms with Crippen LogP contribution in [0.25, 0.3) is 0 Å². The normalized spacial score (nSPS) is 14.7. The summed E-state index contributed by atoms with van der Waals surface area (Å²) in [6, 6.07) is 15.5. The summed E-state index contributed by atoms with van der Waals surface area (Å²) in [6.07, 6.45) is -0.520. The van der Waals surface area contributed by atoms with E-state index in [1.54, 1.807) is 11.3 Å². The van der Waals surface area contributed by atoms with Gasteiger partial charge in [-0.25, -0.2) is 0 Å². The van der Waals surface area contributed by atoms with Gasteiger partial charge in [0.25, 0.3) is 0 Å². The molecule has 0 saturated heterocycles. The molecule has 1 aromatic heterocycles. The van der Waals surface area contributed by atoms with Crippen LogP contribution in [0.3, 0.4) is 0 Å². The lowest BCUT2D eigenvalue weighted by atomic mass is 9.96. The van der Waals surface area contributed by atoms with Gasteiger partial charge in [-0.15, -0.1) is 11.3 Å². The molecule has 2 atom stereocenters. The van der Waals surface area contributed by atoms with Gasteiger partial charge in [-0.05, 0) is 46.6 Å². The lowest BCUT2D eigenvalue weighted by molar-refractivity contribution is 0.135. The maximum absolute atomic E-state index is 10.9. The zero-order valence-corrected chi connectivity index (χ0v) is 18.0. The third-order valence-corrected chi connectivity index (χ3v) is 10.9. The summed E-state index contributed by atoms with van der Waals surface area (Å²) in [7, 11) is -1.71. The molecule has 1 aromatic carbocycles. The molecule has 0 aliphatic heterocycles. The van der Waals surface area contributed by atoms with E-state index in [2.05, 4.69) is 46.1 Å². The van der Waals surface area contributed by atoms with Gasteiger partial charge in [0.1, 0.15) is 6.10 Å². The molecule has 0 radical (unpaired) electrons. The summed E-state index contributed by atoms with van der Waals surface area (Å²) in [5, 5.41) is 13.0. The van der Waals surface area contributed by atoms with Crippen molar-refractivity contribution >= 4 is 19.7 Å². The van der Waals surface area contributed by atoms with Crippen LogP contribution in [0, 0.1) is 5.92 Å². The first-order chi connectivity index (χ1) is 12.0. The molecule has 1 N–H and O–H groups in total. The first kappa shape index (κ1) is 20.4. The second-order valence-electron chi connectivity index (χ2n) is 7.08. The molecule has 2 rings (SSSR count). The number of rotatable bonds is 9. The van der Waals surface area contributed by atoms with E-state index in [0.717, 1.165) is 28.6 Å². The summed E-state index contributed by atoms with van der Waals surface area (Å²) in [4.78, 5) is 1.02. The average Bonchev–Trinajstić information content (AvgIpc) is 3.12. The Kier molecular flexibility index (Phi) is 7.44. The molecule has 25 heavy (non-hydrogen) atoms. The van der Waals surface area contributed by atoms with E-state index in [0.29, 0.717) is 5.92 Å². The molecule has 0 amide bonds. The molecule has 1 heterocycles. The molecule has 0 saturated carbocycles. The average molecular weight is 377 g/mol. The largest absolute Gasteiger partial charge is 0.410 e. The highest BCUT2D eigenvalue weighted by Crippen LogP contribution is 2.40. The van der Waals surface area contributed by atoms with E-state index >= 15 is 0 Å². The molecular weight excluding hydrogens is 344 g/mol. The number of aliphatic hydroxyl groups is 1. The highest BCUT2D eigenvalue weighted by Gasteiger charge is 2.35. The molecule has 2 unspecified atom stereocenters. The molecule has 0 bridgehead atoms. The van der Waals surface area contributed by atoms with E-state index in [9.17, 15) is 5.11 Å². The Hall–Kier alpha value is -0.943. The topological polar surface area (TPSA) is 29.5 Å². The fourth-order valence-electron chi connectivity index (χ4n) is 3.40. The molecule has 2 aromatic rings. The highest BCUT2D eigenvalue weighted by atomic mass is 32.1. The van der Waals surface area contributed by atoms with Crippen LogP contribution in [0.5, 0.6) is 0 Å². The zero-order valence-electron chi connectivity index (χ0n) is 16.2. The van der Waals surface area contributed by atoms with Crippen molar-refractivity contribution < 1.29 is 9.53 Å². The van der Waals surface area contributed by atoms with Crippen LogP contribution in [0.4, 0.5) is 0 Å². The van der Waals surface area contributed by atoms with Crippen LogP contribution in [0.1, 0.15) is 62.8 Å². The van der Waals surface area contributed by atoms with E-state index in [4.69, 9.17) is 4.43 Å². The van der Waals surface area contributed by atoms with Crippen molar-refractivity contribution in [1.29, 1.82) is 0 Å². The minimum absolute atomic E-state index is 0.0612. The Labute approximate surface area is 158 Å². The summed E-state index contributed by atoms with van der Waals surface area (Å²) in [5.74, 6) is 0.382. The van der Waals surface area contributed by atoms with Gasteiger partial charge < -0.3 is 9.53 Å². The van der Waals surface area contributed by atoms with Crippen LogP contribution in [-0.2, 0) is 4.43 Å². The highest BCUT2D eigenvalue weighted by molar-refractivity contribution is 7.10. The summed E-state index contributed by atoms with van der Waals surface area (Å²) >= 11 is 1.63. The monoisotopic (exact) mass is 376 g/mol. The quantitative estimate of drug-likeness (QED) is 0.503. The van der Waals surface area contributed by atoms with Crippen molar-refractivity contribution in [2.24, 2.45) is 5.92 Å². The lowest BCUT2D eigenvalue weighted by Crippen LogP contribution is -2.38. The molecule has 2 nitrogen and oxygen atoms in total. The predicted octanol–water partition coefficient (Wildman–Crippen LogP) is 6.55. The summed E-state index contributed by atoms with van der Waals surface area (Å²) < 4.78 is 6.85. The number of aliphatic hydroxyl groups excluding tert-OH is 1. The standard InChI is InChI=1S/C21H32O2SSi/c1-6-25(7-2,8-3)23-20(16(4)5)18-14-15-24-21(18)19(22)17-12-10-9-11-13-17/h9-16,19-20,22H,6-8H2,1-5H3.